The molecule has 1 N–H and O–H groups in total. The molecule has 1 aliphatic rings. The van der Waals surface area contributed by atoms with Gasteiger partial charge in [-0.15, -0.1) is 6.42 Å². The van der Waals surface area contributed by atoms with Gasteiger partial charge < -0.3 is 5.43 Å². The second kappa shape index (κ2) is 4.81. The quantitative estimate of drug-likeness (QED) is 0.740. The fraction of sp³-hybridized carbons (Fsp3) is 0.417. The number of anilines is 1. The molecule has 1 fully saturated rings. The summed E-state index contributed by atoms with van der Waals surface area (Å²) in [6.07, 6.45) is 12.7. The standard InChI is InChI=1S/C12H15N3/c1-2-11-8-12(10-13-9-11)14-15-6-4-3-5-7-15/h1,8-10,14H,3-7H2. The van der Waals surface area contributed by atoms with Crippen molar-refractivity contribution in [1.29, 1.82) is 0 Å². The number of nitrogens with zero attached hydrogens (tertiary/aromatic N) is 2. The molecule has 15 heavy (non-hydrogen) atoms. The van der Waals surface area contributed by atoms with Gasteiger partial charge in [0.2, 0.25) is 0 Å². The topological polar surface area (TPSA) is 28.2 Å². The van der Waals surface area contributed by atoms with Crippen LogP contribution in [0, 0.1) is 12.3 Å². The van der Waals surface area contributed by atoms with Crippen LogP contribution in [0.1, 0.15) is 24.8 Å². The van der Waals surface area contributed by atoms with Crippen molar-refractivity contribution in [3.8, 4) is 12.3 Å². The Morgan fingerprint density at radius 2 is 2.07 bits per heavy atom. The third-order valence-corrected chi connectivity index (χ3v) is 2.55. The summed E-state index contributed by atoms with van der Waals surface area (Å²) in [5, 5.41) is 2.22. The molecule has 0 atom stereocenters. The average Bonchev–Trinajstić information content (AvgIpc) is 2.31. The maximum absolute atomic E-state index is 5.32. The molecule has 2 rings (SSSR count). The predicted octanol–water partition coefficient (Wildman–Crippen LogP) is 1.88. The Morgan fingerprint density at radius 1 is 1.27 bits per heavy atom. The summed E-state index contributed by atoms with van der Waals surface area (Å²) in [5.74, 6) is 2.58. The predicted molar refractivity (Wildman–Crippen MR) is 61.2 cm³/mol. The van der Waals surface area contributed by atoms with Gasteiger partial charge in [-0.25, -0.2) is 5.01 Å². The lowest BCUT2D eigenvalue weighted by Gasteiger charge is -2.27. The second-order valence-electron chi connectivity index (χ2n) is 3.77. The van der Waals surface area contributed by atoms with E-state index >= 15 is 0 Å². The first-order chi connectivity index (χ1) is 7.38. The largest absolute Gasteiger partial charge is 0.317 e. The Bertz CT molecular complexity index is 361. The Kier molecular flexibility index (Phi) is 3.21. The Morgan fingerprint density at radius 3 is 2.80 bits per heavy atom. The minimum Gasteiger partial charge on any atom is -0.317 e. The fourth-order valence-corrected chi connectivity index (χ4v) is 1.77. The van der Waals surface area contributed by atoms with Gasteiger partial charge >= 0.3 is 0 Å². The maximum Gasteiger partial charge on any atom is 0.0685 e. The van der Waals surface area contributed by atoms with Gasteiger partial charge in [-0.1, -0.05) is 12.3 Å². The third-order valence-electron chi connectivity index (χ3n) is 2.55. The molecule has 3 nitrogen and oxygen atoms in total. The summed E-state index contributed by atoms with van der Waals surface area (Å²) in [6, 6.07) is 1.95. The zero-order valence-corrected chi connectivity index (χ0v) is 8.74. The SMILES string of the molecule is C#Cc1cncc(NN2CCCCC2)c1. The highest BCUT2D eigenvalue weighted by atomic mass is 15.5. The van der Waals surface area contributed by atoms with Crippen LogP contribution in [0.3, 0.4) is 0 Å². The fourth-order valence-electron chi connectivity index (χ4n) is 1.77. The average molecular weight is 201 g/mol. The van der Waals surface area contributed by atoms with E-state index in [0.717, 1.165) is 24.3 Å². The lowest BCUT2D eigenvalue weighted by Crippen LogP contribution is -2.34. The second-order valence-corrected chi connectivity index (χ2v) is 3.77. The highest BCUT2D eigenvalue weighted by Gasteiger charge is 2.09. The van der Waals surface area contributed by atoms with Gasteiger partial charge in [0.05, 0.1) is 11.9 Å². The van der Waals surface area contributed by atoms with Crippen LogP contribution in [0.5, 0.6) is 0 Å². The van der Waals surface area contributed by atoms with E-state index < -0.39 is 0 Å². The van der Waals surface area contributed by atoms with E-state index in [0.29, 0.717) is 0 Å². The van der Waals surface area contributed by atoms with E-state index in [2.05, 4.69) is 21.3 Å². The lowest BCUT2D eigenvalue weighted by molar-refractivity contribution is 0.273. The smallest absolute Gasteiger partial charge is 0.0685 e. The zero-order chi connectivity index (χ0) is 10.5. The number of hydrogen-bond acceptors (Lipinski definition) is 3. The van der Waals surface area contributed by atoms with Crippen molar-refractivity contribution in [3.05, 3.63) is 24.0 Å². The van der Waals surface area contributed by atoms with E-state index in [9.17, 15) is 0 Å². The first-order valence-corrected chi connectivity index (χ1v) is 5.32. The van der Waals surface area contributed by atoms with Crippen LogP contribution in [0.15, 0.2) is 18.5 Å². The molecule has 1 aliphatic heterocycles. The Labute approximate surface area is 90.5 Å². The molecule has 2 heterocycles. The van der Waals surface area contributed by atoms with E-state index in [1.807, 2.05) is 6.07 Å². The number of rotatable bonds is 2. The highest BCUT2D eigenvalue weighted by molar-refractivity contribution is 5.46. The van der Waals surface area contributed by atoms with Gasteiger partial charge in [0, 0.05) is 24.8 Å². The lowest BCUT2D eigenvalue weighted by atomic mass is 10.2. The summed E-state index contributed by atoms with van der Waals surface area (Å²) >= 11 is 0. The van der Waals surface area contributed by atoms with Gasteiger partial charge in [0.25, 0.3) is 0 Å². The maximum atomic E-state index is 5.32. The van der Waals surface area contributed by atoms with Crippen molar-refractivity contribution in [2.75, 3.05) is 18.5 Å². The number of aromatic nitrogens is 1. The molecule has 1 aromatic rings. The Balaban J connectivity index is 2.00. The van der Waals surface area contributed by atoms with E-state index in [-0.39, 0.29) is 0 Å². The minimum absolute atomic E-state index is 0.817. The van der Waals surface area contributed by atoms with E-state index in [1.54, 1.807) is 12.4 Å². The number of piperidine rings is 1. The minimum atomic E-state index is 0.817. The van der Waals surface area contributed by atoms with Crippen LogP contribution in [0.2, 0.25) is 0 Å². The van der Waals surface area contributed by atoms with Gasteiger partial charge in [-0.05, 0) is 18.9 Å². The van der Waals surface area contributed by atoms with Gasteiger partial charge in [0.1, 0.15) is 0 Å². The summed E-state index contributed by atoms with van der Waals surface area (Å²) in [6.45, 7) is 2.20. The molecule has 1 aromatic heterocycles. The third kappa shape index (κ3) is 2.71. The normalized spacial score (nSPS) is 17.0. The molecule has 1 saturated heterocycles. The molecule has 0 amide bonds. The summed E-state index contributed by atoms with van der Waals surface area (Å²) in [5.41, 5.74) is 5.13. The van der Waals surface area contributed by atoms with Crippen LogP contribution in [-0.4, -0.2) is 23.1 Å². The summed E-state index contributed by atoms with van der Waals surface area (Å²) in [4.78, 5) is 4.09. The molecule has 0 aromatic carbocycles. The molecule has 78 valence electrons. The monoisotopic (exact) mass is 201 g/mol. The van der Waals surface area contributed by atoms with Crippen LogP contribution in [-0.2, 0) is 0 Å². The molecule has 0 spiro atoms. The van der Waals surface area contributed by atoms with E-state index in [4.69, 9.17) is 6.42 Å². The Hall–Kier alpha value is -1.53. The molecular weight excluding hydrogens is 186 g/mol. The molecule has 0 unspecified atom stereocenters. The number of terminal acetylenes is 1. The summed E-state index contributed by atoms with van der Waals surface area (Å²) in [7, 11) is 0. The van der Waals surface area contributed by atoms with Gasteiger partial charge in [-0.3, -0.25) is 4.98 Å². The number of hydrogen-bond donors (Lipinski definition) is 1. The van der Waals surface area contributed by atoms with Crippen molar-refractivity contribution in [2.45, 2.75) is 19.3 Å². The van der Waals surface area contributed by atoms with E-state index in [1.165, 1.54) is 19.3 Å². The van der Waals surface area contributed by atoms with Crippen molar-refractivity contribution >= 4 is 5.69 Å². The molecule has 0 aliphatic carbocycles. The first-order valence-electron chi connectivity index (χ1n) is 5.32. The zero-order valence-electron chi connectivity index (χ0n) is 8.74. The molecule has 0 saturated carbocycles. The summed E-state index contributed by atoms with van der Waals surface area (Å²) < 4.78 is 0. The van der Waals surface area contributed by atoms with Crippen LogP contribution >= 0.6 is 0 Å². The highest BCUT2D eigenvalue weighted by Crippen LogP contribution is 2.13. The van der Waals surface area contributed by atoms with Crippen LogP contribution < -0.4 is 5.43 Å². The van der Waals surface area contributed by atoms with Crippen molar-refractivity contribution in [1.82, 2.24) is 9.99 Å². The molecule has 0 bridgehead atoms. The molecule has 3 heteroatoms. The molecular formula is C12H15N3. The number of pyridine rings is 1. The van der Waals surface area contributed by atoms with Crippen molar-refractivity contribution in [2.24, 2.45) is 0 Å². The van der Waals surface area contributed by atoms with Crippen molar-refractivity contribution < 1.29 is 0 Å². The van der Waals surface area contributed by atoms with Gasteiger partial charge in [0.15, 0.2) is 0 Å². The number of nitrogens with one attached hydrogen (secondary N) is 1. The van der Waals surface area contributed by atoms with Crippen LogP contribution in [0.25, 0.3) is 0 Å². The molecule has 0 radical (unpaired) electrons. The number of hydrazine groups is 1. The van der Waals surface area contributed by atoms with Crippen LogP contribution in [0.4, 0.5) is 5.69 Å². The first kappa shape index (κ1) is 10.0. The van der Waals surface area contributed by atoms with Gasteiger partial charge in [-0.2, -0.15) is 0 Å². The van der Waals surface area contributed by atoms with Crippen molar-refractivity contribution in [3.63, 3.8) is 0 Å².